The number of thioether (sulfide) groups is 1. The summed E-state index contributed by atoms with van der Waals surface area (Å²) in [5, 5.41) is 22.0. The van der Waals surface area contributed by atoms with E-state index in [-0.39, 0.29) is 18.4 Å². The number of hydrogen-bond donors (Lipinski definition) is 2. The third-order valence-electron chi connectivity index (χ3n) is 3.79. The van der Waals surface area contributed by atoms with Crippen LogP contribution < -0.4 is 5.73 Å². The van der Waals surface area contributed by atoms with Crippen molar-refractivity contribution in [1.82, 2.24) is 20.2 Å². The standard InChI is InChI=1S/C12H23N5OS.ClH/c1-17-12(14-15-16-17)19-8-11(18)10(13)7-9-5-3-2-4-6-9;/h9-11,18H,2-8,13H2,1H3;1H/t10-,11?;/m0./s1. The van der Waals surface area contributed by atoms with Gasteiger partial charge in [0, 0.05) is 18.8 Å². The molecule has 8 heteroatoms. The number of nitrogens with two attached hydrogens (primary N) is 1. The summed E-state index contributed by atoms with van der Waals surface area (Å²) in [5.74, 6) is 1.24. The molecule has 0 spiro atoms. The highest BCUT2D eigenvalue weighted by molar-refractivity contribution is 7.99. The van der Waals surface area contributed by atoms with Crippen molar-refractivity contribution >= 4 is 24.2 Å². The van der Waals surface area contributed by atoms with Crippen LogP contribution in [0.4, 0.5) is 0 Å². The molecule has 1 aliphatic carbocycles. The maximum absolute atomic E-state index is 10.1. The summed E-state index contributed by atoms with van der Waals surface area (Å²) in [7, 11) is 1.79. The molecule has 1 fully saturated rings. The molecule has 1 aromatic heterocycles. The topological polar surface area (TPSA) is 89.8 Å². The molecule has 6 nitrogen and oxygen atoms in total. The molecule has 3 N–H and O–H groups in total. The van der Waals surface area contributed by atoms with E-state index in [4.69, 9.17) is 5.73 Å². The van der Waals surface area contributed by atoms with Gasteiger partial charge in [0.2, 0.25) is 5.16 Å². The van der Waals surface area contributed by atoms with E-state index >= 15 is 0 Å². The van der Waals surface area contributed by atoms with Crippen LogP contribution in [0.5, 0.6) is 0 Å². The summed E-state index contributed by atoms with van der Waals surface area (Å²) in [6.07, 6.45) is 6.94. The third kappa shape index (κ3) is 5.20. The van der Waals surface area contributed by atoms with Crippen molar-refractivity contribution < 1.29 is 5.11 Å². The lowest BCUT2D eigenvalue weighted by atomic mass is 9.84. The second kappa shape index (κ2) is 8.81. The van der Waals surface area contributed by atoms with E-state index in [1.54, 1.807) is 11.7 Å². The Labute approximate surface area is 130 Å². The maximum atomic E-state index is 10.1. The number of aliphatic hydroxyl groups is 1. The first-order chi connectivity index (χ1) is 9.16. The summed E-state index contributed by atoms with van der Waals surface area (Å²) in [6.45, 7) is 0. The fraction of sp³-hybridized carbons (Fsp3) is 0.917. The molecule has 0 radical (unpaired) electrons. The van der Waals surface area contributed by atoms with Gasteiger partial charge in [-0.25, -0.2) is 4.68 Å². The smallest absolute Gasteiger partial charge is 0.209 e. The van der Waals surface area contributed by atoms with Gasteiger partial charge in [0.05, 0.1) is 6.10 Å². The minimum Gasteiger partial charge on any atom is -0.391 e. The summed E-state index contributed by atoms with van der Waals surface area (Å²) in [5.41, 5.74) is 6.10. The van der Waals surface area contributed by atoms with Gasteiger partial charge in [-0.1, -0.05) is 43.9 Å². The molecule has 1 saturated carbocycles. The Morgan fingerprint density at radius 2 is 2.10 bits per heavy atom. The quantitative estimate of drug-likeness (QED) is 0.769. The Morgan fingerprint density at radius 3 is 2.70 bits per heavy atom. The van der Waals surface area contributed by atoms with Gasteiger partial charge >= 0.3 is 0 Å². The van der Waals surface area contributed by atoms with E-state index in [2.05, 4.69) is 15.5 Å². The molecule has 1 heterocycles. The first kappa shape index (κ1) is 17.7. The van der Waals surface area contributed by atoms with Crippen molar-refractivity contribution in [2.75, 3.05) is 5.75 Å². The first-order valence-corrected chi connectivity index (χ1v) is 7.94. The molecule has 1 unspecified atom stereocenters. The van der Waals surface area contributed by atoms with Crippen LogP contribution in [-0.4, -0.2) is 43.2 Å². The Kier molecular flexibility index (Phi) is 7.79. The van der Waals surface area contributed by atoms with E-state index in [0.29, 0.717) is 16.8 Å². The zero-order valence-corrected chi connectivity index (χ0v) is 13.4. The van der Waals surface area contributed by atoms with Gasteiger partial charge in [0.1, 0.15) is 0 Å². The van der Waals surface area contributed by atoms with Gasteiger partial charge in [-0.3, -0.25) is 0 Å². The lowest BCUT2D eigenvalue weighted by Crippen LogP contribution is -2.38. The number of aliphatic hydroxyl groups excluding tert-OH is 1. The average molecular weight is 322 g/mol. The molecule has 0 saturated heterocycles. The Hall–Kier alpha value is -0.370. The van der Waals surface area contributed by atoms with Crippen molar-refractivity contribution in [3.8, 4) is 0 Å². The number of halogens is 1. The second-order valence-corrected chi connectivity index (χ2v) is 6.35. The zero-order valence-electron chi connectivity index (χ0n) is 11.8. The van der Waals surface area contributed by atoms with E-state index in [0.717, 1.165) is 6.42 Å². The molecular weight excluding hydrogens is 298 g/mol. The lowest BCUT2D eigenvalue weighted by Gasteiger charge is -2.26. The predicted octanol–water partition coefficient (Wildman–Crippen LogP) is 1.38. The number of rotatable bonds is 6. The highest BCUT2D eigenvalue weighted by Gasteiger charge is 2.22. The van der Waals surface area contributed by atoms with Crippen molar-refractivity contribution in [2.45, 2.75) is 55.8 Å². The summed E-state index contributed by atoms with van der Waals surface area (Å²) in [6, 6.07) is -0.142. The first-order valence-electron chi connectivity index (χ1n) is 6.95. The average Bonchev–Trinajstić information content (AvgIpc) is 2.82. The van der Waals surface area contributed by atoms with Crippen molar-refractivity contribution in [3.05, 3.63) is 0 Å². The van der Waals surface area contributed by atoms with E-state index in [1.807, 2.05) is 0 Å². The van der Waals surface area contributed by atoms with Crippen molar-refractivity contribution in [2.24, 2.45) is 18.7 Å². The monoisotopic (exact) mass is 321 g/mol. The zero-order chi connectivity index (χ0) is 13.7. The molecule has 2 atom stereocenters. The summed E-state index contributed by atoms with van der Waals surface area (Å²) >= 11 is 1.45. The van der Waals surface area contributed by atoms with Crippen LogP contribution in [0.25, 0.3) is 0 Å². The fourth-order valence-corrected chi connectivity index (χ4v) is 3.48. The Balaban J connectivity index is 0.00000200. The fourth-order valence-electron chi connectivity index (χ4n) is 2.59. The molecule has 0 bridgehead atoms. The molecule has 1 aromatic rings. The highest BCUT2D eigenvalue weighted by Crippen LogP contribution is 2.28. The van der Waals surface area contributed by atoms with Gasteiger partial charge in [0.15, 0.2) is 0 Å². The van der Waals surface area contributed by atoms with Crippen LogP contribution in [0.1, 0.15) is 38.5 Å². The molecular formula is C12H24ClN5OS. The van der Waals surface area contributed by atoms with E-state index in [9.17, 15) is 5.11 Å². The van der Waals surface area contributed by atoms with Crippen LogP contribution >= 0.6 is 24.2 Å². The van der Waals surface area contributed by atoms with Gasteiger partial charge in [-0.05, 0) is 22.8 Å². The number of hydrogen-bond acceptors (Lipinski definition) is 6. The minimum atomic E-state index is -0.497. The maximum Gasteiger partial charge on any atom is 0.209 e. The summed E-state index contributed by atoms with van der Waals surface area (Å²) < 4.78 is 1.60. The van der Waals surface area contributed by atoms with Crippen molar-refractivity contribution in [3.63, 3.8) is 0 Å². The minimum absolute atomic E-state index is 0. The Morgan fingerprint density at radius 1 is 1.40 bits per heavy atom. The second-order valence-electron chi connectivity index (χ2n) is 5.37. The highest BCUT2D eigenvalue weighted by atomic mass is 35.5. The van der Waals surface area contributed by atoms with Gasteiger partial charge in [0.25, 0.3) is 0 Å². The van der Waals surface area contributed by atoms with Crippen LogP contribution in [-0.2, 0) is 7.05 Å². The summed E-state index contributed by atoms with van der Waals surface area (Å²) in [4.78, 5) is 0. The molecule has 20 heavy (non-hydrogen) atoms. The van der Waals surface area contributed by atoms with Gasteiger partial charge in [-0.2, -0.15) is 0 Å². The molecule has 1 aliphatic rings. The third-order valence-corrected chi connectivity index (χ3v) is 4.90. The largest absolute Gasteiger partial charge is 0.391 e. The normalized spacial score (nSPS) is 19.4. The van der Waals surface area contributed by atoms with Crippen molar-refractivity contribution in [1.29, 1.82) is 0 Å². The van der Waals surface area contributed by atoms with E-state index < -0.39 is 6.10 Å². The van der Waals surface area contributed by atoms with Crippen LogP contribution in [0.15, 0.2) is 5.16 Å². The number of tetrazole rings is 1. The SMILES string of the molecule is Cl.Cn1nnnc1SCC(O)[C@@H](N)CC1CCCCC1. The molecule has 116 valence electrons. The lowest BCUT2D eigenvalue weighted by molar-refractivity contribution is 0.147. The van der Waals surface area contributed by atoms with Gasteiger partial charge in [-0.15, -0.1) is 17.5 Å². The predicted molar refractivity (Wildman–Crippen MR) is 81.9 cm³/mol. The van der Waals surface area contributed by atoms with Crippen LogP contribution in [0, 0.1) is 5.92 Å². The molecule has 0 aromatic carbocycles. The number of nitrogens with zero attached hydrogens (tertiary/aromatic N) is 4. The Bertz CT molecular complexity index is 386. The van der Waals surface area contributed by atoms with Crippen LogP contribution in [0.2, 0.25) is 0 Å². The molecule has 0 amide bonds. The van der Waals surface area contributed by atoms with Crippen LogP contribution in [0.3, 0.4) is 0 Å². The molecule has 0 aliphatic heterocycles. The van der Waals surface area contributed by atoms with Gasteiger partial charge < -0.3 is 10.8 Å². The molecule has 2 rings (SSSR count). The number of aryl methyl sites for hydroxylation is 1. The van der Waals surface area contributed by atoms with E-state index in [1.165, 1.54) is 43.9 Å². The number of aromatic nitrogens is 4.